The fourth-order valence-electron chi connectivity index (χ4n) is 5.48. The van der Waals surface area contributed by atoms with Crippen LogP contribution in [-0.2, 0) is 28.9 Å². The maximum Gasteiger partial charge on any atom is 0.397 e. The smallest absolute Gasteiger partial charge is 0.394 e. The van der Waals surface area contributed by atoms with Gasteiger partial charge in [-0.05, 0) is 38.5 Å². The number of carbonyl (C=O) groups excluding carboxylic acids is 1. The lowest BCUT2D eigenvalue weighted by Gasteiger charge is -2.41. The molecule has 292 valence electrons. The summed E-state index contributed by atoms with van der Waals surface area (Å²) in [6.07, 6.45) is 17.0. The lowest BCUT2D eigenvalue weighted by Crippen LogP contribution is -2.61. The molecule has 8 unspecified atom stereocenters. The van der Waals surface area contributed by atoms with Crippen molar-refractivity contribution in [2.75, 3.05) is 13.2 Å². The predicted molar refractivity (Wildman–Crippen MR) is 191 cm³/mol. The summed E-state index contributed by atoms with van der Waals surface area (Å²) in [5.74, 6) is -0.723. The quantitative estimate of drug-likeness (QED) is 0.0328. The van der Waals surface area contributed by atoms with Crippen LogP contribution in [0.3, 0.4) is 0 Å². The fraction of sp³-hybridized carbons (Fsp3) is 0.806. The lowest BCUT2D eigenvalue weighted by atomic mass is 9.99. The van der Waals surface area contributed by atoms with Gasteiger partial charge < -0.3 is 40.3 Å². The van der Waals surface area contributed by atoms with Crippen molar-refractivity contribution in [3.8, 4) is 0 Å². The Morgan fingerprint density at radius 1 is 0.800 bits per heavy atom. The minimum Gasteiger partial charge on any atom is -0.394 e. The molecular weight excluding hydrogens is 670 g/mol. The van der Waals surface area contributed by atoms with Crippen LogP contribution >= 0.6 is 0 Å². The van der Waals surface area contributed by atoms with Gasteiger partial charge in [-0.1, -0.05) is 121 Å². The van der Waals surface area contributed by atoms with Crippen molar-refractivity contribution in [1.82, 2.24) is 5.32 Å². The van der Waals surface area contributed by atoms with Gasteiger partial charge in [0.1, 0.15) is 30.5 Å². The molecule has 50 heavy (non-hydrogen) atoms. The van der Waals surface area contributed by atoms with Gasteiger partial charge in [-0.2, -0.15) is 8.42 Å². The first-order valence-corrected chi connectivity index (χ1v) is 19.8. The van der Waals surface area contributed by atoms with Crippen molar-refractivity contribution >= 4 is 16.3 Å². The van der Waals surface area contributed by atoms with Crippen LogP contribution in [0.15, 0.2) is 36.5 Å². The summed E-state index contributed by atoms with van der Waals surface area (Å²) >= 11 is 0. The predicted octanol–water partition coefficient (Wildman–Crippen LogP) is 4.18. The highest BCUT2D eigenvalue weighted by Gasteiger charge is 2.48. The molecule has 1 aliphatic heterocycles. The maximum absolute atomic E-state index is 12.9. The van der Waals surface area contributed by atoms with Crippen LogP contribution in [0.4, 0.5) is 0 Å². The van der Waals surface area contributed by atoms with Crippen LogP contribution in [0.1, 0.15) is 123 Å². The number of aliphatic hydroxyl groups is 5. The highest BCUT2D eigenvalue weighted by molar-refractivity contribution is 7.80. The van der Waals surface area contributed by atoms with Crippen LogP contribution < -0.4 is 5.32 Å². The third kappa shape index (κ3) is 21.0. The molecule has 1 aliphatic rings. The van der Waals surface area contributed by atoms with Gasteiger partial charge in [-0.25, -0.2) is 4.18 Å². The minimum atomic E-state index is -5.11. The average Bonchev–Trinajstić information content (AvgIpc) is 3.08. The molecular formula is C36H65NO12S. The number of nitrogens with one attached hydrogen (secondary N) is 1. The van der Waals surface area contributed by atoms with Gasteiger partial charge in [-0.3, -0.25) is 9.35 Å². The molecule has 13 nitrogen and oxygen atoms in total. The summed E-state index contributed by atoms with van der Waals surface area (Å²) in [5.41, 5.74) is 0. The molecule has 0 saturated carbocycles. The topological polar surface area (TPSA) is 212 Å². The number of ether oxygens (including phenoxy) is 2. The molecule has 0 aromatic rings. The largest absolute Gasteiger partial charge is 0.397 e. The molecule has 1 fully saturated rings. The summed E-state index contributed by atoms with van der Waals surface area (Å²) in [6.45, 7) is 3.06. The lowest BCUT2D eigenvalue weighted by molar-refractivity contribution is -0.298. The van der Waals surface area contributed by atoms with E-state index in [4.69, 9.17) is 14.0 Å². The zero-order valence-electron chi connectivity index (χ0n) is 30.1. The van der Waals surface area contributed by atoms with Crippen LogP contribution in [0, 0.1) is 0 Å². The van der Waals surface area contributed by atoms with Gasteiger partial charge in [0.05, 0.1) is 25.4 Å². The zero-order valence-corrected chi connectivity index (χ0v) is 30.9. The Bertz CT molecular complexity index is 1070. The molecule has 1 rings (SSSR count). The number of hydrogen-bond acceptors (Lipinski definition) is 11. The Morgan fingerprint density at radius 3 is 1.90 bits per heavy atom. The molecule has 0 spiro atoms. The molecule has 1 heterocycles. The van der Waals surface area contributed by atoms with E-state index in [1.807, 2.05) is 0 Å². The van der Waals surface area contributed by atoms with Crippen LogP contribution in [0.5, 0.6) is 0 Å². The number of unbranched alkanes of at least 4 members (excludes halogenated alkanes) is 12. The van der Waals surface area contributed by atoms with Crippen LogP contribution in [0.25, 0.3) is 0 Å². The Hall–Kier alpha value is -1.72. The second-order valence-electron chi connectivity index (χ2n) is 12.9. The summed E-state index contributed by atoms with van der Waals surface area (Å²) in [6, 6.07) is -1.14. The zero-order chi connectivity index (χ0) is 37.2. The van der Waals surface area contributed by atoms with E-state index in [1.165, 1.54) is 51.0 Å². The van der Waals surface area contributed by atoms with Gasteiger partial charge in [0.25, 0.3) is 0 Å². The molecule has 0 radical (unpaired) electrons. The Kier molecular flexibility index (Phi) is 25.8. The number of amides is 1. The standard InChI is InChI=1S/C36H65NO12S/c1-3-5-7-9-11-13-14-15-17-18-20-22-24-29(39)28(37-35(43)30(40)25-23-21-19-16-12-10-8-6-4-2)27-47-36-33(42)34(49-50(44,45)46)32(41)31(26-38)48-36/h9,11,15,17,22,24,28-34,36,38-42H,3-8,10,12-14,16,18-21,23,25-27H2,1-2H3,(H,37,43)(H,44,45,46)/b11-9+,17-15+,24-22+. The number of rotatable bonds is 29. The molecule has 1 saturated heterocycles. The van der Waals surface area contributed by atoms with E-state index in [-0.39, 0.29) is 6.42 Å². The van der Waals surface area contributed by atoms with E-state index in [9.17, 15) is 38.7 Å². The van der Waals surface area contributed by atoms with Gasteiger partial charge in [0.2, 0.25) is 5.91 Å². The van der Waals surface area contributed by atoms with Crippen molar-refractivity contribution in [2.24, 2.45) is 0 Å². The van der Waals surface area contributed by atoms with Crippen molar-refractivity contribution in [2.45, 2.75) is 172 Å². The SMILES string of the molecule is CCCC/C=C/CC/C=C/CC/C=C/C(O)C(COC1OC(CO)C(O)C(OS(=O)(=O)O)C1O)NC(=O)C(O)CCCCCCCCCCC. The van der Waals surface area contributed by atoms with Gasteiger partial charge in [0.15, 0.2) is 6.29 Å². The first kappa shape index (κ1) is 46.3. The molecule has 1 amide bonds. The second kappa shape index (κ2) is 27.9. The van der Waals surface area contributed by atoms with E-state index in [0.29, 0.717) is 12.8 Å². The van der Waals surface area contributed by atoms with E-state index in [0.717, 1.165) is 44.9 Å². The monoisotopic (exact) mass is 735 g/mol. The third-order valence-electron chi connectivity index (χ3n) is 8.51. The average molecular weight is 736 g/mol. The molecule has 0 aromatic heterocycles. The second-order valence-corrected chi connectivity index (χ2v) is 14.0. The van der Waals surface area contributed by atoms with E-state index in [2.05, 4.69) is 47.7 Å². The summed E-state index contributed by atoms with van der Waals surface area (Å²) in [5, 5.41) is 54.6. The Morgan fingerprint density at radius 2 is 1.34 bits per heavy atom. The summed E-state index contributed by atoms with van der Waals surface area (Å²) in [4.78, 5) is 12.9. The molecule has 0 bridgehead atoms. The van der Waals surface area contributed by atoms with Crippen molar-refractivity contribution < 1.29 is 57.0 Å². The normalized spacial score (nSPS) is 23.6. The number of allylic oxidation sites excluding steroid dienone is 5. The summed E-state index contributed by atoms with van der Waals surface area (Å²) < 4.78 is 47.1. The highest BCUT2D eigenvalue weighted by atomic mass is 32.3. The number of hydrogen-bond donors (Lipinski definition) is 7. The van der Waals surface area contributed by atoms with E-state index < -0.39 is 78.5 Å². The number of aliphatic hydroxyl groups excluding tert-OH is 5. The first-order chi connectivity index (χ1) is 23.9. The van der Waals surface area contributed by atoms with Crippen molar-refractivity contribution in [1.29, 1.82) is 0 Å². The molecule has 14 heteroatoms. The maximum atomic E-state index is 12.9. The minimum absolute atomic E-state index is 0.233. The third-order valence-corrected chi connectivity index (χ3v) is 8.97. The summed E-state index contributed by atoms with van der Waals surface area (Å²) in [7, 11) is -5.11. The molecule has 0 aliphatic carbocycles. The Labute approximate surface area is 299 Å². The molecule has 7 N–H and O–H groups in total. The van der Waals surface area contributed by atoms with Gasteiger partial charge in [0, 0.05) is 0 Å². The van der Waals surface area contributed by atoms with Crippen molar-refractivity contribution in [3.63, 3.8) is 0 Å². The fourth-order valence-corrected chi connectivity index (χ4v) is 5.98. The van der Waals surface area contributed by atoms with Gasteiger partial charge in [-0.15, -0.1) is 0 Å². The molecule has 0 aromatic carbocycles. The van der Waals surface area contributed by atoms with Gasteiger partial charge >= 0.3 is 10.4 Å². The van der Waals surface area contributed by atoms with Crippen LogP contribution in [-0.4, -0.2) is 107 Å². The highest BCUT2D eigenvalue weighted by Crippen LogP contribution is 2.26. The molecule has 8 atom stereocenters. The first-order valence-electron chi connectivity index (χ1n) is 18.5. The van der Waals surface area contributed by atoms with Crippen molar-refractivity contribution in [3.05, 3.63) is 36.5 Å². The van der Waals surface area contributed by atoms with Crippen LogP contribution in [0.2, 0.25) is 0 Å². The Balaban J connectivity index is 2.80. The number of carbonyl (C=O) groups is 1. The van der Waals surface area contributed by atoms with E-state index in [1.54, 1.807) is 6.08 Å². The van der Waals surface area contributed by atoms with E-state index >= 15 is 0 Å².